The Hall–Kier alpha value is -2.89. The number of hydrogen-bond acceptors (Lipinski definition) is 3. The van der Waals surface area contributed by atoms with Crippen molar-refractivity contribution in [3.05, 3.63) is 65.0 Å². The zero-order valence-corrected chi connectivity index (χ0v) is 12.9. The first-order valence-electron chi connectivity index (χ1n) is 7.01. The van der Waals surface area contributed by atoms with E-state index in [4.69, 9.17) is 4.74 Å². The Morgan fingerprint density at radius 2 is 1.74 bits per heavy atom. The summed E-state index contributed by atoms with van der Waals surface area (Å²) in [6.07, 6.45) is 0. The third-order valence-electron chi connectivity index (χ3n) is 3.34. The van der Waals surface area contributed by atoms with Gasteiger partial charge < -0.3 is 4.74 Å². The van der Waals surface area contributed by atoms with Crippen LogP contribution in [0.2, 0.25) is 0 Å². The molecule has 120 valence electrons. The highest BCUT2D eigenvalue weighted by molar-refractivity contribution is 5.95. The van der Waals surface area contributed by atoms with Crippen LogP contribution in [0.15, 0.2) is 42.5 Å². The van der Waals surface area contributed by atoms with Crippen LogP contribution in [-0.2, 0) is 4.79 Å². The van der Waals surface area contributed by atoms with Gasteiger partial charge in [0, 0.05) is 5.56 Å². The second kappa shape index (κ2) is 7.40. The van der Waals surface area contributed by atoms with Crippen LogP contribution < -0.4 is 15.6 Å². The molecular weight excluding hydrogens is 299 g/mol. The molecular formula is C17H17FN2O3. The van der Waals surface area contributed by atoms with E-state index in [1.807, 2.05) is 26.0 Å². The monoisotopic (exact) mass is 316 g/mol. The highest BCUT2D eigenvalue weighted by Gasteiger charge is 2.09. The van der Waals surface area contributed by atoms with Gasteiger partial charge in [0.05, 0.1) is 0 Å². The summed E-state index contributed by atoms with van der Waals surface area (Å²) in [5.41, 5.74) is 6.74. The zero-order chi connectivity index (χ0) is 16.8. The van der Waals surface area contributed by atoms with E-state index < -0.39 is 17.6 Å². The molecule has 2 N–H and O–H groups in total. The smallest absolute Gasteiger partial charge is 0.276 e. The lowest BCUT2D eigenvalue weighted by molar-refractivity contribution is -0.123. The Labute approximate surface area is 133 Å². The van der Waals surface area contributed by atoms with Crippen molar-refractivity contribution in [2.24, 2.45) is 0 Å². The molecule has 2 amide bonds. The Morgan fingerprint density at radius 3 is 2.43 bits per heavy atom. The van der Waals surface area contributed by atoms with Gasteiger partial charge in [0.25, 0.3) is 11.8 Å². The Balaban J connectivity index is 1.82. The van der Waals surface area contributed by atoms with E-state index >= 15 is 0 Å². The number of aryl methyl sites for hydroxylation is 1. The third kappa shape index (κ3) is 4.54. The van der Waals surface area contributed by atoms with Crippen molar-refractivity contribution in [3.8, 4) is 5.75 Å². The van der Waals surface area contributed by atoms with Gasteiger partial charge in [-0.25, -0.2) is 4.39 Å². The molecule has 0 saturated carbocycles. The molecule has 0 aliphatic heterocycles. The fourth-order valence-corrected chi connectivity index (χ4v) is 1.86. The summed E-state index contributed by atoms with van der Waals surface area (Å²) in [6, 6.07) is 10.5. The first kappa shape index (κ1) is 16.5. The van der Waals surface area contributed by atoms with Crippen LogP contribution in [0.25, 0.3) is 0 Å². The summed E-state index contributed by atoms with van der Waals surface area (Å²) < 4.78 is 18.2. The minimum absolute atomic E-state index is 0.228. The van der Waals surface area contributed by atoms with Crippen LogP contribution in [0.4, 0.5) is 4.39 Å². The van der Waals surface area contributed by atoms with Crippen LogP contribution in [0, 0.1) is 19.7 Å². The summed E-state index contributed by atoms with van der Waals surface area (Å²) in [4.78, 5) is 23.4. The first-order valence-corrected chi connectivity index (χ1v) is 7.01. The first-order chi connectivity index (χ1) is 11.0. The van der Waals surface area contributed by atoms with Crippen molar-refractivity contribution in [1.29, 1.82) is 0 Å². The maximum absolute atomic E-state index is 12.8. The van der Waals surface area contributed by atoms with Gasteiger partial charge in [0.15, 0.2) is 6.61 Å². The SMILES string of the molecule is Cc1cccc(OCC(=O)NNC(=O)c2ccc(F)cc2)c1C. The molecule has 0 radical (unpaired) electrons. The molecule has 0 aromatic heterocycles. The number of nitrogens with one attached hydrogen (secondary N) is 2. The highest BCUT2D eigenvalue weighted by Crippen LogP contribution is 2.20. The van der Waals surface area contributed by atoms with Crippen molar-refractivity contribution in [2.75, 3.05) is 6.61 Å². The van der Waals surface area contributed by atoms with E-state index in [2.05, 4.69) is 10.9 Å². The summed E-state index contributed by atoms with van der Waals surface area (Å²) in [7, 11) is 0. The average Bonchev–Trinajstić information content (AvgIpc) is 2.54. The molecule has 0 atom stereocenters. The van der Waals surface area contributed by atoms with Gasteiger partial charge in [-0.3, -0.25) is 20.4 Å². The van der Waals surface area contributed by atoms with E-state index in [9.17, 15) is 14.0 Å². The number of benzene rings is 2. The van der Waals surface area contributed by atoms with Crippen molar-refractivity contribution >= 4 is 11.8 Å². The molecule has 2 aromatic carbocycles. The van der Waals surface area contributed by atoms with Gasteiger partial charge in [-0.05, 0) is 55.3 Å². The largest absolute Gasteiger partial charge is 0.483 e. The van der Waals surface area contributed by atoms with E-state index in [-0.39, 0.29) is 12.2 Å². The predicted molar refractivity (Wildman–Crippen MR) is 83.4 cm³/mol. The molecule has 0 fully saturated rings. The lowest BCUT2D eigenvalue weighted by Crippen LogP contribution is -2.43. The van der Waals surface area contributed by atoms with Crippen LogP contribution in [-0.4, -0.2) is 18.4 Å². The second-order valence-corrected chi connectivity index (χ2v) is 5.00. The van der Waals surface area contributed by atoms with Crippen LogP contribution >= 0.6 is 0 Å². The minimum atomic E-state index is -0.537. The maximum atomic E-state index is 12.8. The topological polar surface area (TPSA) is 67.4 Å². The summed E-state index contributed by atoms with van der Waals surface area (Å²) in [5.74, 6) is -0.857. The van der Waals surface area contributed by atoms with Gasteiger partial charge >= 0.3 is 0 Å². The molecule has 0 aliphatic carbocycles. The number of halogens is 1. The number of carbonyl (C=O) groups is 2. The van der Waals surface area contributed by atoms with Crippen molar-refractivity contribution in [3.63, 3.8) is 0 Å². The van der Waals surface area contributed by atoms with Crippen LogP contribution in [0.5, 0.6) is 5.75 Å². The number of ether oxygens (including phenoxy) is 1. The highest BCUT2D eigenvalue weighted by atomic mass is 19.1. The molecule has 0 unspecified atom stereocenters. The predicted octanol–water partition coefficient (Wildman–Crippen LogP) is 2.28. The number of rotatable bonds is 4. The van der Waals surface area contributed by atoms with E-state index in [0.29, 0.717) is 5.75 Å². The summed E-state index contributed by atoms with van der Waals surface area (Å²) in [5, 5.41) is 0. The van der Waals surface area contributed by atoms with Gasteiger partial charge in [-0.15, -0.1) is 0 Å². The molecule has 0 bridgehead atoms. The lowest BCUT2D eigenvalue weighted by atomic mass is 10.1. The number of carbonyl (C=O) groups excluding carboxylic acids is 2. The van der Waals surface area contributed by atoms with Crippen LogP contribution in [0.1, 0.15) is 21.5 Å². The van der Waals surface area contributed by atoms with Gasteiger partial charge in [0.2, 0.25) is 0 Å². The van der Waals surface area contributed by atoms with E-state index in [0.717, 1.165) is 11.1 Å². The second-order valence-electron chi connectivity index (χ2n) is 5.00. The van der Waals surface area contributed by atoms with Crippen LogP contribution in [0.3, 0.4) is 0 Å². The van der Waals surface area contributed by atoms with E-state index in [1.54, 1.807) is 6.07 Å². The zero-order valence-electron chi connectivity index (χ0n) is 12.9. The molecule has 5 nitrogen and oxygen atoms in total. The number of hydrogen-bond donors (Lipinski definition) is 2. The lowest BCUT2D eigenvalue weighted by Gasteiger charge is -2.11. The minimum Gasteiger partial charge on any atom is -0.483 e. The molecule has 2 aromatic rings. The normalized spacial score (nSPS) is 10.0. The van der Waals surface area contributed by atoms with E-state index in [1.165, 1.54) is 24.3 Å². The number of hydrazine groups is 1. The van der Waals surface area contributed by atoms with Gasteiger partial charge in [-0.1, -0.05) is 12.1 Å². The molecule has 0 saturated heterocycles. The Kier molecular flexibility index (Phi) is 5.30. The molecule has 0 aliphatic rings. The molecule has 2 rings (SSSR count). The molecule has 0 heterocycles. The summed E-state index contributed by atoms with van der Waals surface area (Å²) in [6.45, 7) is 3.62. The Morgan fingerprint density at radius 1 is 1.04 bits per heavy atom. The Bertz CT molecular complexity index is 714. The summed E-state index contributed by atoms with van der Waals surface area (Å²) >= 11 is 0. The fraction of sp³-hybridized carbons (Fsp3) is 0.176. The standard InChI is InChI=1S/C17H17FN2O3/c1-11-4-3-5-15(12(11)2)23-10-16(21)19-20-17(22)13-6-8-14(18)9-7-13/h3-9H,10H2,1-2H3,(H,19,21)(H,20,22). The van der Waals surface area contributed by atoms with Gasteiger partial charge in [0.1, 0.15) is 11.6 Å². The third-order valence-corrected chi connectivity index (χ3v) is 3.34. The average molecular weight is 316 g/mol. The molecule has 23 heavy (non-hydrogen) atoms. The maximum Gasteiger partial charge on any atom is 0.276 e. The van der Waals surface area contributed by atoms with Crippen molar-refractivity contribution in [2.45, 2.75) is 13.8 Å². The fourth-order valence-electron chi connectivity index (χ4n) is 1.86. The molecule has 0 spiro atoms. The van der Waals surface area contributed by atoms with Crippen molar-refractivity contribution < 1.29 is 18.7 Å². The van der Waals surface area contributed by atoms with Crippen molar-refractivity contribution in [1.82, 2.24) is 10.9 Å². The quantitative estimate of drug-likeness (QED) is 0.851. The molecule has 6 heteroatoms. The van der Waals surface area contributed by atoms with Gasteiger partial charge in [-0.2, -0.15) is 0 Å². The number of amides is 2.